The van der Waals surface area contributed by atoms with Gasteiger partial charge >= 0.3 is 0 Å². The molecule has 1 nitrogen and oxygen atoms in total. The Kier molecular flexibility index (Phi) is 1.95. The monoisotopic (exact) mass is 119 g/mol. The smallest absolute Gasteiger partial charge is 0.0461 e. The van der Waals surface area contributed by atoms with E-state index in [0.29, 0.717) is 5.38 Å². The number of halogens is 1. The number of nitrogens with one attached hydrogen (secondary N) is 1. The lowest BCUT2D eigenvalue weighted by Crippen LogP contribution is -2.29. The van der Waals surface area contributed by atoms with Gasteiger partial charge in [-0.3, -0.25) is 0 Å². The molecule has 1 rings (SSSR count). The Balaban J connectivity index is 2.12. The largest absolute Gasteiger partial charge is 0.315 e. The highest BCUT2D eigenvalue weighted by atomic mass is 35.5. The number of rotatable bonds is 0. The highest BCUT2D eigenvalue weighted by Crippen LogP contribution is 2.06. The van der Waals surface area contributed by atoms with Gasteiger partial charge < -0.3 is 5.32 Å². The molecule has 1 saturated heterocycles. The van der Waals surface area contributed by atoms with Crippen LogP contribution >= 0.6 is 11.6 Å². The molecule has 0 radical (unpaired) electrons. The van der Waals surface area contributed by atoms with Crippen LogP contribution in [0.1, 0.15) is 12.8 Å². The highest BCUT2D eigenvalue weighted by Gasteiger charge is 2.07. The molecule has 0 spiro atoms. The summed E-state index contributed by atoms with van der Waals surface area (Å²) in [6, 6.07) is 0. The standard InChI is InChI=1S/C5H10ClN/c6-5-2-1-3-7-4-5/h5,7H,1-4H2. The topological polar surface area (TPSA) is 12.0 Å². The molecule has 1 atom stereocenters. The van der Waals surface area contributed by atoms with E-state index in [1.54, 1.807) is 0 Å². The first kappa shape index (κ1) is 5.39. The van der Waals surface area contributed by atoms with Crippen LogP contribution in [0.25, 0.3) is 0 Å². The number of hydrogen-bond acceptors (Lipinski definition) is 1. The van der Waals surface area contributed by atoms with E-state index in [9.17, 15) is 0 Å². The van der Waals surface area contributed by atoms with Gasteiger partial charge in [0.25, 0.3) is 0 Å². The van der Waals surface area contributed by atoms with Gasteiger partial charge in [0.05, 0.1) is 0 Å². The Morgan fingerprint density at radius 1 is 1.57 bits per heavy atom. The van der Waals surface area contributed by atoms with Crippen molar-refractivity contribution in [3.05, 3.63) is 0 Å². The Hall–Kier alpha value is 0.250. The quantitative estimate of drug-likeness (QED) is 0.469. The lowest BCUT2D eigenvalue weighted by molar-refractivity contribution is 0.526. The van der Waals surface area contributed by atoms with Crippen molar-refractivity contribution in [1.82, 2.24) is 5.32 Å². The van der Waals surface area contributed by atoms with Crippen molar-refractivity contribution in [3.8, 4) is 0 Å². The SMILES string of the molecule is ClC1CCCNC1. The molecule has 0 bridgehead atoms. The summed E-state index contributed by atoms with van der Waals surface area (Å²) in [5.74, 6) is 0. The Labute approximate surface area is 49.0 Å². The number of alkyl halides is 1. The second-order valence-corrected chi connectivity index (χ2v) is 2.56. The molecule has 1 N–H and O–H groups in total. The first-order valence-corrected chi connectivity index (χ1v) is 3.18. The molecule has 0 aliphatic carbocycles. The van der Waals surface area contributed by atoms with Crippen molar-refractivity contribution >= 4 is 11.6 Å². The minimum atomic E-state index is 0.397. The van der Waals surface area contributed by atoms with Crippen LogP contribution in [-0.2, 0) is 0 Å². The van der Waals surface area contributed by atoms with Gasteiger partial charge in [0.15, 0.2) is 0 Å². The van der Waals surface area contributed by atoms with Crippen molar-refractivity contribution in [2.24, 2.45) is 0 Å². The molecule has 0 saturated carbocycles. The maximum absolute atomic E-state index is 5.75. The Morgan fingerprint density at radius 2 is 2.43 bits per heavy atom. The van der Waals surface area contributed by atoms with Crippen molar-refractivity contribution in [2.45, 2.75) is 18.2 Å². The van der Waals surface area contributed by atoms with E-state index in [4.69, 9.17) is 11.6 Å². The summed E-state index contributed by atoms with van der Waals surface area (Å²) in [4.78, 5) is 0. The molecule has 1 aliphatic heterocycles. The van der Waals surface area contributed by atoms with E-state index >= 15 is 0 Å². The fourth-order valence-corrected chi connectivity index (χ4v) is 1.07. The first-order valence-electron chi connectivity index (χ1n) is 2.74. The fourth-order valence-electron chi connectivity index (χ4n) is 0.809. The highest BCUT2D eigenvalue weighted by molar-refractivity contribution is 6.20. The molecular formula is C5H10ClN. The third kappa shape index (κ3) is 1.66. The summed E-state index contributed by atoms with van der Waals surface area (Å²) >= 11 is 5.75. The molecule has 1 heterocycles. The van der Waals surface area contributed by atoms with Crippen LogP contribution in [0.4, 0.5) is 0 Å². The molecule has 1 aliphatic rings. The zero-order valence-electron chi connectivity index (χ0n) is 4.28. The van der Waals surface area contributed by atoms with E-state index < -0.39 is 0 Å². The van der Waals surface area contributed by atoms with Gasteiger partial charge in [-0.15, -0.1) is 11.6 Å². The van der Waals surface area contributed by atoms with E-state index in [-0.39, 0.29) is 0 Å². The number of piperidine rings is 1. The predicted octanol–water partition coefficient (Wildman–Crippen LogP) is 0.977. The predicted molar refractivity (Wildman–Crippen MR) is 31.7 cm³/mol. The molecular weight excluding hydrogens is 110 g/mol. The van der Waals surface area contributed by atoms with Gasteiger partial charge in [-0.05, 0) is 19.4 Å². The van der Waals surface area contributed by atoms with Crippen LogP contribution in [-0.4, -0.2) is 18.5 Å². The van der Waals surface area contributed by atoms with Crippen LogP contribution in [0, 0.1) is 0 Å². The van der Waals surface area contributed by atoms with Crippen LogP contribution in [0.2, 0.25) is 0 Å². The lowest BCUT2D eigenvalue weighted by atomic mass is 10.2. The summed E-state index contributed by atoms with van der Waals surface area (Å²) in [5.41, 5.74) is 0. The summed E-state index contributed by atoms with van der Waals surface area (Å²) in [7, 11) is 0. The molecule has 1 fully saturated rings. The molecule has 0 amide bonds. The van der Waals surface area contributed by atoms with Crippen LogP contribution in [0.15, 0.2) is 0 Å². The summed E-state index contributed by atoms with van der Waals surface area (Å²) < 4.78 is 0. The van der Waals surface area contributed by atoms with Gasteiger partial charge in [0.1, 0.15) is 0 Å². The van der Waals surface area contributed by atoms with E-state index in [0.717, 1.165) is 13.1 Å². The van der Waals surface area contributed by atoms with E-state index in [2.05, 4.69) is 5.32 Å². The van der Waals surface area contributed by atoms with Gasteiger partial charge in [-0.25, -0.2) is 0 Å². The fraction of sp³-hybridized carbons (Fsp3) is 1.00. The van der Waals surface area contributed by atoms with Gasteiger partial charge in [-0.1, -0.05) is 0 Å². The molecule has 0 aromatic heterocycles. The van der Waals surface area contributed by atoms with Crippen molar-refractivity contribution in [1.29, 1.82) is 0 Å². The van der Waals surface area contributed by atoms with Gasteiger partial charge in [0, 0.05) is 11.9 Å². The van der Waals surface area contributed by atoms with Crippen molar-refractivity contribution in [2.75, 3.05) is 13.1 Å². The summed E-state index contributed by atoms with van der Waals surface area (Å²) in [6.07, 6.45) is 2.43. The zero-order chi connectivity index (χ0) is 5.11. The third-order valence-electron chi connectivity index (χ3n) is 1.24. The van der Waals surface area contributed by atoms with Crippen LogP contribution < -0.4 is 5.32 Å². The zero-order valence-corrected chi connectivity index (χ0v) is 5.04. The second kappa shape index (κ2) is 2.53. The first-order chi connectivity index (χ1) is 3.39. The Bertz CT molecular complexity index is 50.0. The average Bonchev–Trinajstić information content (AvgIpc) is 1.69. The van der Waals surface area contributed by atoms with Gasteiger partial charge in [0.2, 0.25) is 0 Å². The minimum Gasteiger partial charge on any atom is -0.315 e. The molecule has 1 unspecified atom stereocenters. The van der Waals surface area contributed by atoms with Gasteiger partial charge in [-0.2, -0.15) is 0 Å². The van der Waals surface area contributed by atoms with Crippen LogP contribution in [0.3, 0.4) is 0 Å². The third-order valence-corrected chi connectivity index (χ3v) is 1.61. The van der Waals surface area contributed by atoms with E-state index in [1.807, 2.05) is 0 Å². The lowest BCUT2D eigenvalue weighted by Gasteiger charge is -2.15. The number of hydrogen-bond donors (Lipinski definition) is 1. The minimum absolute atomic E-state index is 0.397. The summed E-state index contributed by atoms with van der Waals surface area (Å²) in [5, 5.41) is 3.60. The van der Waals surface area contributed by atoms with Crippen molar-refractivity contribution in [3.63, 3.8) is 0 Å². The molecule has 7 heavy (non-hydrogen) atoms. The second-order valence-electron chi connectivity index (χ2n) is 1.94. The maximum atomic E-state index is 5.75. The van der Waals surface area contributed by atoms with Crippen molar-refractivity contribution < 1.29 is 0 Å². The maximum Gasteiger partial charge on any atom is 0.0461 e. The average molecular weight is 120 g/mol. The molecule has 0 aromatic rings. The normalized spacial score (nSPS) is 33.0. The van der Waals surface area contributed by atoms with Crippen LogP contribution in [0.5, 0.6) is 0 Å². The molecule has 0 aromatic carbocycles. The molecule has 2 heteroatoms. The van der Waals surface area contributed by atoms with E-state index in [1.165, 1.54) is 12.8 Å². The summed E-state index contributed by atoms with van der Waals surface area (Å²) in [6.45, 7) is 2.16. The molecule has 42 valence electrons. The Morgan fingerprint density at radius 3 is 2.71 bits per heavy atom.